The lowest BCUT2D eigenvalue weighted by Gasteiger charge is -2.22. The summed E-state index contributed by atoms with van der Waals surface area (Å²) in [5, 5.41) is 3.06. The molecule has 0 saturated carbocycles. The van der Waals surface area contributed by atoms with Crippen LogP contribution in [-0.4, -0.2) is 35.4 Å². The number of hydrogen-bond acceptors (Lipinski definition) is 4. The average Bonchev–Trinajstić information content (AvgIpc) is 3.14. The third-order valence-electron chi connectivity index (χ3n) is 4.36. The van der Waals surface area contributed by atoms with Gasteiger partial charge in [-0.05, 0) is 37.4 Å². The van der Waals surface area contributed by atoms with Crippen LogP contribution in [0.25, 0.3) is 11.3 Å². The summed E-state index contributed by atoms with van der Waals surface area (Å²) in [7, 11) is 0. The highest BCUT2D eigenvalue weighted by Crippen LogP contribution is 2.30. The maximum Gasteiger partial charge on any atom is 0.253 e. The summed E-state index contributed by atoms with van der Waals surface area (Å²) in [6.07, 6.45) is 0.972. The third kappa shape index (κ3) is 2.91. The minimum absolute atomic E-state index is 0.0549. The van der Waals surface area contributed by atoms with Crippen molar-refractivity contribution in [3.8, 4) is 11.3 Å². The Kier molecular flexibility index (Phi) is 4.02. The lowest BCUT2D eigenvalue weighted by molar-refractivity contribution is 0.0777. The Balaban J connectivity index is 1.82. The zero-order valence-corrected chi connectivity index (χ0v) is 13.8. The second kappa shape index (κ2) is 5.82. The van der Waals surface area contributed by atoms with Crippen LogP contribution >= 0.6 is 11.3 Å². The maximum atomic E-state index is 12.7. The van der Waals surface area contributed by atoms with Gasteiger partial charge < -0.3 is 10.6 Å². The van der Waals surface area contributed by atoms with Crippen LogP contribution in [0.2, 0.25) is 0 Å². The first-order chi connectivity index (χ1) is 10.5. The molecule has 1 fully saturated rings. The molecule has 2 N–H and O–H groups in total. The van der Waals surface area contributed by atoms with Crippen molar-refractivity contribution >= 4 is 17.2 Å². The largest absolute Gasteiger partial charge is 0.338 e. The number of nitrogens with zero attached hydrogens (tertiary/aromatic N) is 2. The Bertz CT molecular complexity index is 697. The number of hydrogen-bond donors (Lipinski definition) is 1. The van der Waals surface area contributed by atoms with Crippen LogP contribution in [-0.2, 0) is 0 Å². The lowest BCUT2D eigenvalue weighted by Crippen LogP contribution is -2.34. The van der Waals surface area contributed by atoms with E-state index in [0.717, 1.165) is 41.3 Å². The molecule has 116 valence electrons. The van der Waals surface area contributed by atoms with Crippen LogP contribution in [0, 0.1) is 12.3 Å². The molecule has 0 spiro atoms. The molecule has 1 unspecified atom stereocenters. The van der Waals surface area contributed by atoms with Crippen molar-refractivity contribution in [2.45, 2.75) is 20.3 Å². The molecule has 22 heavy (non-hydrogen) atoms. The summed E-state index contributed by atoms with van der Waals surface area (Å²) < 4.78 is 0. The predicted molar refractivity (Wildman–Crippen MR) is 90.0 cm³/mol. The highest BCUT2D eigenvalue weighted by atomic mass is 32.1. The normalized spacial score (nSPS) is 21.3. The topological polar surface area (TPSA) is 59.2 Å². The van der Waals surface area contributed by atoms with E-state index >= 15 is 0 Å². The molecule has 3 rings (SSSR count). The molecule has 1 saturated heterocycles. The number of rotatable bonds is 3. The predicted octanol–water partition coefficient (Wildman–Crippen LogP) is 2.93. The van der Waals surface area contributed by atoms with E-state index in [9.17, 15) is 4.79 Å². The van der Waals surface area contributed by atoms with Gasteiger partial charge in [-0.15, -0.1) is 11.3 Å². The van der Waals surface area contributed by atoms with Gasteiger partial charge in [-0.1, -0.05) is 19.1 Å². The third-order valence-corrected chi connectivity index (χ3v) is 5.14. The number of aromatic nitrogens is 1. The van der Waals surface area contributed by atoms with Crippen molar-refractivity contribution in [3.63, 3.8) is 0 Å². The van der Waals surface area contributed by atoms with Gasteiger partial charge in [-0.3, -0.25) is 4.79 Å². The first kappa shape index (κ1) is 15.2. The highest BCUT2D eigenvalue weighted by Gasteiger charge is 2.35. The summed E-state index contributed by atoms with van der Waals surface area (Å²) in [5.41, 5.74) is 8.54. The molecule has 0 radical (unpaired) electrons. The molecule has 1 aliphatic heterocycles. The van der Waals surface area contributed by atoms with E-state index < -0.39 is 0 Å². The van der Waals surface area contributed by atoms with E-state index in [-0.39, 0.29) is 11.3 Å². The standard InChI is InChI=1S/C17H21N3OS/c1-12-19-15(9-22-12)13-4-3-5-14(8-13)16(21)20-7-6-17(2,10-18)11-20/h3-5,8-9H,6-7,10-11,18H2,1-2H3. The molecule has 1 amide bonds. The van der Waals surface area contributed by atoms with Crippen molar-refractivity contribution in [2.75, 3.05) is 19.6 Å². The van der Waals surface area contributed by atoms with Gasteiger partial charge in [0.15, 0.2) is 0 Å². The number of amides is 1. The fourth-order valence-corrected chi connectivity index (χ4v) is 3.48. The second-order valence-corrected chi connectivity index (χ2v) is 7.39. The van der Waals surface area contributed by atoms with E-state index in [0.29, 0.717) is 6.54 Å². The second-order valence-electron chi connectivity index (χ2n) is 6.32. The van der Waals surface area contributed by atoms with Crippen LogP contribution in [0.15, 0.2) is 29.6 Å². The summed E-state index contributed by atoms with van der Waals surface area (Å²) in [6, 6.07) is 7.74. The Hall–Kier alpha value is -1.72. The van der Waals surface area contributed by atoms with E-state index in [1.165, 1.54) is 0 Å². The van der Waals surface area contributed by atoms with Gasteiger partial charge >= 0.3 is 0 Å². The van der Waals surface area contributed by atoms with Gasteiger partial charge in [-0.2, -0.15) is 0 Å². The first-order valence-corrected chi connectivity index (χ1v) is 8.41. The van der Waals surface area contributed by atoms with Gasteiger partial charge in [0.2, 0.25) is 0 Å². The molecule has 4 nitrogen and oxygen atoms in total. The molecule has 1 atom stereocenters. The molecule has 1 aromatic carbocycles. The van der Waals surface area contributed by atoms with Gasteiger partial charge in [0.25, 0.3) is 5.91 Å². The molecule has 2 heterocycles. The van der Waals surface area contributed by atoms with Gasteiger partial charge in [0.05, 0.1) is 10.7 Å². The Morgan fingerprint density at radius 1 is 1.50 bits per heavy atom. The summed E-state index contributed by atoms with van der Waals surface area (Å²) >= 11 is 1.62. The summed E-state index contributed by atoms with van der Waals surface area (Å²) in [4.78, 5) is 19.1. The molecule has 0 aliphatic carbocycles. The molecule has 5 heteroatoms. The number of aryl methyl sites for hydroxylation is 1. The number of benzene rings is 1. The van der Waals surface area contributed by atoms with E-state index in [4.69, 9.17) is 5.73 Å². The van der Waals surface area contributed by atoms with Crippen LogP contribution in [0.3, 0.4) is 0 Å². The van der Waals surface area contributed by atoms with Crippen molar-refractivity contribution in [1.29, 1.82) is 0 Å². The lowest BCUT2D eigenvalue weighted by atomic mass is 9.90. The van der Waals surface area contributed by atoms with Crippen LogP contribution in [0.5, 0.6) is 0 Å². The number of nitrogens with two attached hydrogens (primary N) is 1. The number of thiazole rings is 1. The monoisotopic (exact) mass is 315 g/mol. The van der Waals surface area contributed by atoms with E-state index in [1.54, 1.807) is 11.3 Å². The van der Waals surface area contributed by atoms with Crippen molar-refractivity contribution < 1.29 is 4.79 Å². The number of carbonyl (C=O) groups is 1. The van der Waals surface area contributed by atoms with Crippen LogP contribution in [0.1, 0.15) is 28.7 Å². The van der Waals surface area contributed by atoms with E-state index in [1.807, 2.05) is 41.5 Å². The minimum Gasteiger partial charge on any atom is -0.338 e. The SMILES string of the molecule is Cc1nc(-c2cccc(C(=O)N3CCC(C)(CN)C3)c2)cs1. The van der Waals surface area contributed by atoms with Gasteiger partial charge in [-0.25, -0.2) is 4.98 Å². The fraction of sp³-hybridized carbons (Fsp3) is 0.412. The number of likely N-dealkylation sites (tertiary alicyclic amines) is 1. The summed E-state index contributed by atoms with van der Waals surface area (Å²) in [6.45, 7) is 6.28. The van der Waals surface area contributed by atoms with Crippen molar-refractivity contribution in [2.24, 2.45) is 11.1 Å². The fourth-order valence-electron chi connectivity index (χ4n) is 2.85. The minimum atomic E-state index is 0.0549. The van der Waals surface area contributed by atoms with Crippen LogP contribution < -0.4 is 5.73 Å². The molecule has 0 bridgehead atoms. The Labute approximate surface area is 135 Å². The molecule has 1 aliphatic rings. The highest BCUT2D eigenvalue weighted by molar-refractivity contribution is 7.09. The van der Waals surface area contributed by atoms with Crippen molar-refractivity contribution in [3.05, 3.63) is 40.2 Å². The van der Waals surface area contributed by atoms with E-state index in [2.05, 4.69) is 11.9 Å². The molecule has 2 aromatic rings. The van der Waals surface area contributed by atoms with Crippen LogP contribution in [0.4, 0.5) is 0 Å². The zero-order valence-electron chi connectivity index (χ0n) is 13.0. The Morgan fingerprint density at radius 2 is 2.32 bits per heavy atom. The van der Waals surface area contributed by atoms with Gasteiger partial charge in [0.1, 0.15) is 0 Å². The Morgan fingerprint density at radius 3 is 2.95 bits per heavy atom. The first-order valence-electron chi connectivity index (χ1n) is 7.53. The maximum absolute atomic E-state index is 12.7. The summed E-state index contributed by atoms with van der Waals surface area (Å²) in [5.74, 6) is 0.0889. The smallest absolute Gasteiger partial charge is 0.253 e. The number of carbonyl (C=O) groups excluding carboxylic acids is 1. The zero-order chi connectivity index (χ0) is 15.7. The molecule has 1 aromatic heterocycles. The quantitative estimate of drug-likeness (QED) is 0.947. The average molecular weight is 315 g/mol. The van der Waals surface area contributed by atoms with Gasteiger partial charge in [0, 0.05) is 29.6 Å². The molecular formula is C17H21N3OS. The molecular weight excluding hydrogens is 294 g/mol. The van der Waals surface area contributed by atoms with Crippen molar-refractivity contribution in [1.82, 2.24) is 9.88 Å².